The van der Waals surface area contributed by atoms with E-state index in [2.05, 4.69) is 0 Å². The van der Waals surface area contributed by atoms with Crippen LogP contribution in [0.2, 0.25) is 0 Å². The molecule has 1 fully saturated rings. The molecule has 1 amide bonds. The highest BCUT2D eigenvalue weighted by molar-refractivity contribution is 8.26. The van der Waals surface area contributed by atoms with Gasteiger partial charge in [0.1, 0.15) is 40.5 Å². The number of thiocarbonyl (C=S) groups is 1. The Morgan fingerprint density at radius 2 is 1.75 bits per heavy atom. The van der Waals surface area contributed by atoms with Gasteiger partial charge in [-0.15, -0.1) is 0 Å². The summed E-state index contributed by atoms with van der Waals surface area (Å²) in [6, 6.07) is 18.5. The third kappa shape index (κ3) is 5.52. The van der Waals surface area contributed by atoms with Crippen LogP contribution in [0.15, 0.2) is 76.2 Å². The van der Waals surface area contributed by atoms with Gasteiger partial charge in [-0.1, -0.05) is 36.1 Å². The first-order valence-electron chi connectivity index (χ1n) is 9.90. The molecule has 1 saturated heterocycles. The topological polar surface area (TPSA) is 61.1 Å². The van der Waals surface area contributed by atoms with E-state index in [-0.39, 0.29) is 5.91 Å². The Kier molecular flexibility index (Phi) is 7.14. The molecule has 0 spiro atoms. The molecule has 1 aromatic heterocycles. The van der Waals surface area contributed by atoms with Crippen LogP contribution in [0.25, 0.3) is 6.08 Å². The summed E-state index contributed by atoms with van der Waals surface area (Å²) in [4.78, 5) is 14.9. The van der Waals surface area contributed by atoms with Crippen LogP contribution in [0.3, 0.4) is 0 Å². The highest BCUT2D eigenvalue weighted by atomic mass is 32.2. The van der Waals surface area contributed by atoms with Gasteiger partial charge in [0.25, 0.3) is 5.91 Å². The van der Waals surface area contributed by atoms with Crippen LogP contribution in [0.1, 0.15) is 11.3 Å². The smallest absolute Gasteiger partial charge is 0.266 e. The third-order valence-electron chi connectivity index (χ3n) is 4.60. The standard InChI is InChI=1S/C24H21NO5S2/c1-27-18-7-9-19(10-8-18)29-12-13-30-20-5-2-4-17(14-20)15-22-23(26)25(24(31)32-22)16-21-6-3-11-28-21/h2-11,14-15H,12-13,16H2,1H3/b22-15-. The summed E-state index contributed by atoms with van der Waals surface area (Å²) >= 11 is 6.66. The number of hydrogen-bond donors (Lipinski definition) is 0. The quantitative estimate of drug-likeness (QED) is 0.245. The highest BCUT2D eigenvalue weighted by Crippen LogP contribution is 2.34. The molecule has 2 aromatic carbocycles. The Bertz CT molecular complexity index is 1110. The highest BCUT2D eigenvalue weighted by Gasteiger charge is 2.32. The van der Waals surface area contributed by atoms with E-state index in [4.69, 9.17) is 30.8 Å². The zero-order chi connectivity index (χ0) is 22.3. The molecule has 2 heterocycles. The van der Waals surface area contributed by atoms with Crippen molar-refractivity contribution in [3.8, 4) is 17.2 Å². The van der Waals surface area contributed by atoms with Crippen molar-refractivity contribution in [2.24, 2.45) is 0 Å². The van der Waals surface area contributed by atoms with Crippen molar-refractivity contribution in [1.82, 2.24) is 4.90 Å². The second kappa shape index (κ2) is 10.4. The number of methoxy groups -OCH3 is 1. The van der Waals surface area contributed by atoms with Crippen molar-refractivity contribution in [2.75, 3.05) is 20.3 Å². The Morgan fingerprint density at radius 3 is 2.47 bits per heavy atom. The zero-order valence-electron chi connectivity index (χ0n) is 17.4. The van der Waals surface area contributed by atoms with Crippen molar-refractivity contribution >= 4 is 40.3 Å². The summed E-state index contributed by atoms with van der Waals surface area (Å²) in [5.41, 5.74) is 0.858. The van der Waals surface area contributed by atoms with E-state index >= 15 is 0 Å². The van der Waals surface area contributed by atoms with Gasteiger partial charge in [0, 0.05) is 0 Å². The van der Waals surface area contributed by atoms with Gasteiger partial charge in [-0.05, 0) is 60.2 Å². The van der Waals surface area contributed by atoms with E-state index in [0.29, 0.717) is 40.5 Å². The van der Waals surface area contributed by atoms with Gasteiger partial charge in [-0.3, -0.25) is 9.69 Å². The summed E-state index contributed by atoms with van der Waals surface area (Å²) in [5, 5.41) is 0. The van der Waals surface area contributed by atoms with Crippen molar-refractivity contribution in [1.29, 1.82) is 0 Å². The molecule has 0 saturated carbocycles. The summed E-state index contributed by atoms with van der Waals surface area (Å²) in [5.74, 6) is 2.79. The minimum Gasteiger partial charge on any atom is -0.497 e. The molecular formula is C24H21NO5S2. The molecule has 1 aliphatic heterocycles. The average molecular weight is 468 g/mol. The SMILES string of the molecule is COc1ccc(OCCOc2cccc(/C=C3\SC(=S)N(Cc4ccco4)C3=O)c2)cc1. The van der Waals surface area contributed by atoms with E-state index in [9.17, 15) is 4.79 Å². The third-order valence-corrected chi connectivity index (χ3v) is 5.98. The molecule has 0 bridgehead atoms. The van der Waals surface area contributed by atoms with Crippen LogP contribution in [0, 0.1) is 0 Å². The van der Waals surface area contributed by atoms with Gasteiger partial charge in [-0.25, -0.2) is 0 Å². The van der Waals surface area contributed by atoms with E-state index in [1.165, 1.54) is 11.8 Å². The van der Waals surface area contributed by atoms with Gasteiger partial charge < -0.3 is 18.6 Å². The lowest BCUT2D eigenvalue weighted by atomic mass is 10.2. The van der Waals surface area contributed by atoms with E-state index in [1.807, 2.05) is 60.7 Å². The molecule has 4 rings (SSSR count). The Labute approximate surface area is 195 Å². The van der Waals surface area contributed by atoms with Gasteiger partial charge in [0.05, 0.1) is 24.8 Å². The number of carbonyl (C=O) groups excluding carboxylic acids is 1. The van der Waals surface area contributed by atoms with Crippen LogP contribution in [-0.4, -0.2) is 35.5 Å². The molecule has 0 aliphatic carbocycles. The number of amides is 1. The number of carbonyl (C=O) groups is 1. The number of rotatable bonds is 9. The molecule has 6 nitrogen and oxygen atoms in total. The van der Waals surface area contributed by atoms with Crippen LogP contribution in [-0.2, 0) is 11.3 Å². The van der Waals surface area contributed by atoms with Crippen LogP contribution < -0.4 is 14.2 Å². The summed E-state index contributed by atoms with van der Waals surface area (Å²) in [6.45, 7) is 1.12. The fourth-order valence-corrected chi connectivity index (χ4v) is 4.29. The van der Waals surface area contributed by atoms with Gasteiger partial charge in [-0.2, -0.15) is 0 Å². The van der Waals surface area contributed by atoms with Gasteiger partial charge in [0.15, 0.2) is 0 Å². The van der Waals surface area contributed by atoms with Crippen molar-refractivity contribution in [3.63, 3.8) is 0 Å². The molecule has 0 atom stereocenters. The Hall–Kier alpha value is -3.23. The lowest BCUT2D eigenvalue weighted by molar-refractivity contribution is -0.122. The van der Waals surface area contributed by atoms with Gasteiger partial charge in [0.2, 0.25) is 0 Å². The van der Waals surface area contributed by atoms with Crippen molar-refractivity contribution in [3.05, 3.63) is 83.2 Å². The van der Waals surface area contributed by atoms with Gasteiger partial charge >= 0.3 is 0 Å². The lowest BCUT2D eigenvalue weighted by Crippen LogP contribution is -2.27. The number of thioether (sulfide) groups is 1. The molecule has 0 radical (unpaired) electrons. The van der Waals surface area contributed by atoms with E-state index in [1.54, 1.807) is 24.3 Å². The maximum Gasteiger partial charge on any atom is 0.266 e. The monoisotopic (exact) mass is 467 g/mol. The van der Waals surface area contributed by atoms with E-state index in [0.717, 1.165) is 17.1 Å². The molecule has 0 N–H and O–H groups in total. The minimum absolute atomic E-state index is 0.129. The number of hydrogen-bond acceptors (Lipinski definition) is 7. The lowest BCUT2D eigenvalue weighted by Gasteiger charge is -2.12. The first-order valence-corrected chi connectivity index (χ1v) is 11.1. The van der Waals surface area contributed by atoms with Crippen LogP contribution in [0.4, 0.5) is 0 Å². The van der Waals surface area contributed by atoms with Crippen molar-refractivity contribution in [2.45, 2.75) is 6.54 Å². The van der Waals surface area contributed by atoms with E-state index < -0.39 is 0 Å². The number of furan rings is 1. The number of ether oxygens (including phenoxy) is 3. The van der Waals surface area contributed by atoms with Crippen LogP contribution >= 0.6 is 24.0 Å². The largest absolute Gasteiger partial charge is 0.497 e. The fraction of sp³-hybridized carbons (Fsp3) is 0.167. The second-order valence-corrected chi connectivity index (χ2v) is 8.47. The fourth-order valence-electron chi connectivity index (χ4n) is 3.03. The molecule has 1 aliphatic rings. The Morgan fingerprint density at radius 1 is 1.00 bits per heavy atom. The molecule has 8 heteroatoms. The molecule has 32 heavy (non-hydrogen) atoms. The maximum absolute atomic E-state index is 12.8. The van der Waals surface area contributed by atoms with Crippen molar-refractivity contribution < 1.29 is 23.4 Å². The first kappa shape index (κ1) is 22.0. The zero-order valence-corrected chi connectivity index (χ0v) is 19.0. The predicted molar refractivity (Wildman–Crippen MR) is 128 cm³/mol. The summed E-state index contributed by atoms with van der Waals surface area (Å²) in [7, 11) is 1.63. The molecular weight excluding hydrogens is 446 g/mol. The molecule has 0 unspecified atom stereocenters. The second-order valence-electron chi connectivity index (χ2n) is 6.79. The summed E-state index contributed by atoms with van der Waals surface area (Å²) < 4.78 is 22.5. The normalized spacial score (nSPS) is 14.8. The van der Waals surface area contributed by atoms with Crippen LogP contribution in [0.5, 0.6) is 17.2 Å². The average Bonchev–Trinajstić information content (AvgIpc) is 3.42. The first-order chi connectivity index (χ1) is 15.6. The predicted octanol–water partition coefficient (Wildman–Crippen LogP) is 5.15. The summed E-state index contributed by atoms with van der Waals surface area (Å²) in [6.07, 6.45) is 3.40. The molecule has 3 aromatic rings. The minimum atomic E-state index is -0.129. The maximum atomic E-state index is 12.8. The molecule has 164 valence electrons. The number of benzene rings is 2. The number of nitrogens with zero attached hydrogens (tertiary/aromatic N) is 1. The Balaban J connectivity index is 1.32.